The highest BCUT2D eigenvalue weighted by Gasteiger charge is 2.56. The molecule has 3 aromatic carbocycles. The number of benzene rings is 3. The molecule has 0 radical (unpaired) electrons. The second kappa shape index (κ2) is 13.6. The van der Waals surface area contributed by atoms with Crippen LogP contribution in [0.15, 0.2) is 72.9 Å². The minimum Gasteiger partial charge on any atom is -0.495 e. The zero-order valence-corrected chi connectivity index (χ0v) is 25.8. The van der Waals surface area contributed by atoms with E-state index in [2.05, 4.69) is 20.5 Å². The second-order valence-electron chi connectivity index (χ2n) is 11.7. The van der Waals surface area contributed by atoms with Gasteiger partial charge in [-0.25, -0.2) is 4.39 Å². The van der Waals surface area contributed by atoms with Crippen molar-refractivity contribution in [1.82, 2.24) is 4.98 Å². The number of carbonyl (C=O) groups is 3. The number of hydrogen-bond acceptors (Lipinski definition) is 8. The summed E-state index contributed by atoms with van der Waals surface area (Å²) >= 11 is 0. The van der Waals surface area contributed by atoms with E-state index in [1.54, 1.807) is 43.6 Å². The molecule has 0 bridgehead atoms. The molecule has 1 aliphatic heterocycles. The van der Waals surface area contributed by atoms with Crippen LogP contribution in [0.5, 0.6) is 17.2 Å². The van der Waals surface area contributed by atoms with Crippen molar-refractivity contribution in [2.75, 3.05) is 42.3 Å². The summed E-state index contributed by atoms with van der Waals surface area (Å²) < 4.78 is 30.9. The summed E-state index contributed by atoms with van der Waals surface area (Å²) in [5.41, 5.74) is 1.42. The summed E-state index contributed by atoms with van der Waals surface area (Å²) in [4.78, 5) is 43.5. The predicted molar refractivity (Wildman–Crippen MR) is 174 cm³/mol. The molecule has 2 amide bonds. The van der Waals surface area contributed by atoms with E-state index in [1.165, 1.54) is 24.3 Å². The number of anilines is 3. The van der Waals surface area contributed by atoms with Crippen LogP contribution in [0.3, 0.4) is 0 Å². The first-order valence-corrected chi connectivity index (χ1v) is 15.5. The average molecular weight is 643 g/mol. The summed E-state index contributed by atoms with van der Waals surface area (Å²) in [5.74, 6) is -0.297. The van der Waals surface area contributed by atoms with Gasteiger partial charge in [-0.3, -0.25) is 19.4 Å². The molecule has 11 nitrogen and oxygen atoms in total. The van der Waals surface area contributed by atoms with Crippen LogP contribution >= 0.6 is 0 Å². The Morgan fingerprint density at radius 3 is 2.17 bits per heavy atom. The van der Waals surface area contributed by atoms with Crippen LogP contribution in [-0.2, 0) is 19.1 Å². The van der Waals surface area contributed by atoms with Gasteiger partial charge in [0.2, 0.25) is 11.8 Å². The monoisotopic (exact) mass is 642 g/mol. The Hall–Kier alpha value is -5.23. The fourth-order valence-corrected chi connectivity index (χ4v) is 5.66. The highest BCUT2D eigenvalue weighted by molar-refractivity contribution is 6.16. The molecule has 0 unspecified atom stereocenters. The number of fused-ring (bicyclic) bond motifs is 1. The summed E-state index contributed by atoms with van der Waals surface area (Å²) in [5, 5.41) is 15.2. The van der Waals surface area contributed by atoms with Gasteiger partial charge in [-0.15, -0.1) is 0 Å². The van der Waals surface area contributed by atoms with Crippen LogP contribution in [0.25, 0.3) is 10.9 Å². The Kier molecular flexibility index (Phi) is 9.21. The number of carboxylic acid groups (broad SMARTS) is 1. The minimum atomic E-state index is -1.16. The van der Waals surface area contributed by atoms with Crippen LogP contribution in [0.4, 0.5) is 21.5 Å². The number of nitrogens with one attached hydrogen (secondary N) is 2. The molecule has 12 heteroatoms. The van der Waals surface area contributed by atoms with Crippen molar-refractivity contribution < 1.29 is 38.1 Å². The van der Waals surface area contributed by atoms with E-state index in [0.717, 1.165) is 42.5 Å². The Morgan fingerprint density at radius 1 is 0.936 bits per heavy atom. The third-order valence-electron chi connectivity index (χ3n) is 8.52. The lowest BCUT2D eigenvalue weighted by atomic mass is 10.0. The Bertz CT molecular complexity index is 1770. The lowest BCUT2D eigenvalue weighted by Gasteiger charge is -2.34. The molecule has 2 fully saturated rings. The fraction of sp³-hybridized carbons (Fsp3) is 0.314. The van der Waals surface area contributed by atoms with Gasteiger partial charge in [-0.05, 0) is 92.4 Å². The molecule has 0 spiro atoms. The van der Waals surface area contributed by atoms with E-state index in [4.69, 9.17) is 19.3 Å². The summed E-state index contributed by atoms with van der Waals surface area (Å²) in [6.07, 6.45) is 4.10. The van der Waals surface area contributed by atoms with E-state index in [0.29, 0.717) is 41.5 Å². The summed E-state index contributed by atoms with van der Waals surface area (Å²) in [7, 11) is 1.62. The quantitative estimate of drug-likeness (QED) is 0.159. The summed E-state index contributed by atoms with van der Waals surface area (Å²) in [6.45, 7) is 1.68. The van der Waals surface area contributed by atoms with Gasteiger partial charge < -0.3 is 34.9 Å². The van der Waals surface area contributed by atoms with Gasteiger partial charge in [-0.1, -0.05) is 0 Å². The molecule has 0 atom stereocenters. The number of nitrogens with zero attached hydrogens (tertiary/aromatic N) is 2. The highest BCUT2D eigenvalue weighted by Crippen LogP contribution is 2.47. The molecule has 1 saturated carbocycles. The van der Waals surface area contributed by atoms with E-state index in [9.17, 15) is 18.8 Å². The third-order valence-corrected chi connectivity index (χ3v) is 8.52. The molecule has 2 heterocycles. The normalized spacial score (nSPS) is 15.6. The molecule has 1 aromatic heterocycles. The molecule has 1 saturated heterocycles. The van der Waals surface area contributed by atoms with Gasteiger partial charge in [0, 0.05) is 36.0 Å². The third kappa shape index (κ3) is 7.28. The molecular formula is C35H35FN4O7. The van der Waals surface area contributed by atoms with Gasteiger partial charge in [0.25, 0.3) is 0 Å². The fourth-order valence-electron chi connectivity index (χ4n) is 5.66. The van der Waals surface area contributed by atoms with Gasteiger partial charge in [0.05, 0.1) is 37.4 Å². The number of hydrogen-bond donors (Lipinski definition) is 3. The number of ether oxygens (including phenoxy) is 3. The SMILES string of the molecule is COc1cc2c(Oc3ccc(NC(=O)C4(C(=O)Nc5ccc(F)cc5)CC4)cc3)ccnc2cc1N1CCC(OCCC(=O)O)CC1. The molecule has 2 aliphatic rings. The lowest BCUT2D eigenvalue weighted by molar-refractivity contribution is -0.139. The lowest BCUT2D eigenvalue weighted by Crippen LogP contribution is -2.37. The zero-order chi connectivity index (χ0) is 33.0. The van der Waals surface area contributed by atoms with Gasteiger partial charge in [0.15, 0.2) is 0 Å². The average Bonchev–Trinajstić information content (AvgIpc) is 3.89. The smallest absolute Gasteiger partial charge is 0.305 e. The van der Waals surface area contributed by atoms with E-state index in [1.807, 2.05) is 12.1 Å². The number of carbonyl (C=O) groups excluding carboxylic acids is 2. The largest absolute Gasteiger partial charge is 0.495 e. The van der Waals surface area contributed by atoms with Gasteiger partial charge in [-0.2, -0.15) is 0 Å². The Balaban J connectivity index is 1.09. The first kappa shape index (κ1) is 31.7. The first-order chi connectivity index (χ1) is 22.7. The van der Waals surface area contributed by atoms with Crippen molar-refractivity contribution in [2.45, 2.75) is 38.2 Å². The number of piperidine rings is 1. The highest BCUT2D eigenvalue weighted by atomic mass is 19.1. The number of carboxylic acids is 1. The van der Waals surface area contributed by atoms with Gasteiger partial charge in [0.1, 0.15) is 28.5 Å². The maximum absolute atomic E-state index is 13.2. The first-order valence-electron chi connectivity index (χ1n) is 15.5. The molecule has 244 valence electrons. The number of amides is 2. The topological polar surface area (TPSA) is 139 Å². The number of pyridine rings is 1. The molecule has 3 N–H and O–H groups in total. The van der Waals surface area contributed by atoms with Crippen LogP contribution < -0.4 is 25.0 Å². The van der Waals surface area contributed by atoms with E-state index >= 15 is 0 Å². The number of halogens is 1. The van der Waals surface area contributed by atoms with Crippen molar-refractivity contribution in [3.8, 4) is 17.2 Å². The zero-order valence-electron chi connectivity index (χ0n) is 25.8. The van der Waals surface area contributed by atoms with Crippen LogP contribution in [-0.4, -0.2) is 60.8 Å². The van der Waals surface area contributed by atoms with Crippen LogP contribution in [0, 0.1) is 11.2 Å². The number of methoxy groups -OCH3 is 1. The second-order valence-corrected chi connectivity index (χ2v) is 11.7. The van der Waals surface area contributed by atoms with E-state index < -0.39 is 29.0 Å². The van der Waals surface area contributed by atoms with Crippen molar-refractivity contribution >= 4 is 45.7 Å². The predicted octanol–water partition coefficient (Wildman–Crippen LogP) is 5.99. The van der Waals surface area contributed by atoms with Crippen molar-refractivity contribution in [2.24, 2.45) is 5.41 Å². The minimum absolute atomic E-state index is 0.00269. The van der Waals surface area contributed by atoms with Crippen LogP contribution in [0.2, 0.25) is 0 Å². The Labute approximate surface area is 270 Å². The van der Waals surface area contributed by atoms with Crippen molar-refractivity contribution in [3.63, 3.8) is 0 Å². The van der Waals surface area contributed by atoms with E-state index in [-0.39, 0.29) is 19.1 Å². The van der Waals surface area contributed by atoms with Crippen LogP contribution in [0.1, 0.15) is 32.1 Å². The number of rotatable bonds is 12. The number of aromatic nitrogens is 1. The molecular weight excluding hydrogens is 607 g/mol. The Morgan fingerprint density at radius 2 is 1.57 bits per heavy atom. The number of aliphatic carboxylic acids is 1. The molecule has 1 aliphatic carbocycles. The molecule has 47 heavy (non-hydrogen) atoms. The van der Waals surface area contributed by atoms with Crippen molar-refractivity contribution in [3.05, 3.63) is 78.7 Å². The molecule has 6 rings (SSSR count). The standard InChI is InChI=1S/C35H35FN4O7/c1-45-31-20-27-28(21-29(31)40-17-11-25(12-18-40)46-19-13-32(41)42)37-16-10-30(27)47-26-8-6-24(7-9-26)39-34(44)35(14-15-35)33(43)38-23-4-2-22(36)3-5-23/h2-10,16,20-21,25H,11-15,17-19H2,1H3,(H,38,43)(H,39,44)(H,41,42). The molecule has 4 aromatic rings. The van der Waals surface area contributed by atoms with Gasteiger partial charge >= 0.3 is 5.97 Å². The summed E-state index contributed by atoms with van der Waals surface area (Å²) in [6, 6.07) is 17.9. The maximum Gasteiger partial charge on any atom is 0.305 e. The maximum atomic E-state index is 13.2. The van der Waals surface area contributed by atoms with Crippen molar-refractivity contribution in [1.29, 1.82) is 0 Å².